The Bertz CT molecular complexity index is 1450. The lowest BCUT2D eigenvalue weighted by Crippen LogP contribution is -2.43. The molecule has 4 aromatic rings. The molecule has 10 heteroatoms. The minimum absolute atomic E-state index is 0.0939. The van der Waals surface area contributed by atoms with Crippen LogP contribution in [0.5, 0.6) is 0 Å². The Balaban J connectivity index is 1.73. The van der Waals surface area contributed by atoms with Crippen LogP contribution in [0.15, 0.2) is 52.1 Å². The van der Waals surface area contributed by atoms with E-state index in [0.717, 1.165) is 30.9 Å². The van der Waals surface area contributed by atoms with E-state index in [2.05, 4.69) is 15.3 Å². The number of anilines is 2. The van der Waals surface area contributed by atoms with Crippen molar-refractivity contribution in [1.82, 2.24) is 19.1 Å². The number of ether oxygens (including phenoxy) is 1. The summed E-state index contributed by atoms with van der Waals surface area (Å²) in [6, 6.07) is 13.4. The Labute approximate surface area is 199 Å². The van der Waals surface area contributed by atoms with Gasteiger partial charge >= 0.3 is 17.3 Å². The van der Waals surface area contributed by atoms with Crippen molar-refractivity contribution in [2.24, 2.45) is 0 Å². The smallest absolute Gasteiger partial charge is 0.354 e. The molecular weight excluding hydrogens is 454 g/mol. The highest BCUT2D eigenvalue weighted by molar-refractivity contribution is 7.18. The molecule has 0 atom stereocenters. The monoisotopic (exact) mass is 479 g/mol. The van der Waals surface area contributed by atoms with E-state index in [-0.39, 0.29) is 32.1 Å². The molecule has 0 saturated heterocycles. The number of hydrogen-bond donors (Lipinski definition) is 1. The molecule has 1 N–H and O–H groups in total. The molecule has 176 valence electrons. The number of hydrogen-bond acceptors (Lipinski definition) is 8. The summed E-state index contributed by atoms with van der Waals surface area (Å²) in [4.78, 5) is 46.5. The van der Waals surface area contributed by atoms with Crippen LogP contribution in [-0.2, 0) is 22.6 Å². The van der Waals surface area contributed by atoms with Gasteiger partial charge in [-0.15, -0.1) is 11.3 Å². The highest BCUT2D eigenvalue weighted by Gasteiger charge is 2.16. The summed E-state index contributed by atoms with van der Waals surface area (Å²) < 4.78 is 8.27. The average Bonchev–Trinajstić information content (AvgIpc) is 3.17. The summed E-state index contributed by atoms with van der Waals surface area (Å²) in [5, 5.41) is 4.08. The number of thiazole rings is 1. The molecule has 0 fully saturated rings. The molecule has 0 amide bonds. The van der Waals surface area contributed by atoms with E-state index in [1.54, 1.807) is 18.3 Å². The van der Waals surface area contributed by atoms with Gasteiger partial charge < -0.3 is 10.1 Å². The number of carbonyl (C=O) groups excluding carboxylic acids is 1. The molecule has 0 aliphatic heterocycles. The number of esters is 1. The second kappa shape index (κ2) is 10.0. The van der Waals surface area contributed by atoms with Gasteiger partial charge in [-0.25, -0.2) is 19.1 Å². The first-order chi connectivity index (χ1) is 16.3. The van der Waals surface area contributed by atoms with Gasteiger partial charge in [0.2, 0.25) is 5.95 Å². The molecule has 0 aliphatic carbocycles. The van der Waals surface area contributed by atoms with Crippen molar-refractivity contribution in [3.63, 3.8) is 0 Å². The van der Waals surface area contributed by atoms with E-state index in [1.165, 1.54) is 4.57 Å². The number of nitrogens with zero attached hydrogens (tertiary/aromatic N) is 4. The van der Waals surface area contributed by atoms with Crippen LogP contribution in [0.1, 0.15) is 29.5 Å². The van der Waals surface area contributed by atoms with Crippen molar-refractivity contribution in [3.8, 4) is 0 Å². The lowest BCUT2D eigenvalue weighted by molar-refractivity contribution is -0.143. The lowest BCUT2D eigenvalue weighted by Gasteiger charge is -2.16. The van der Waals surface area contributed by atoms with Crippen LogP contribution in [-0.4, -0.2) is 31.7 Å². The van der Waals surface area contributed by atoms with E-state index in [1.807, 2.05) is 56.3 Å². The Morgan fingerprint density at radius 1 is 1.06 bits per heavy atom. The Morgan fingerprint density at radius 3 is 2.56 bits per heavy atom. The van der Waals surface area contributed by atoms with Crippen LogP contribution < -0.4 is 16.7 Å². The summed E-state index contributed by atoms with van der Waals surface area (Å²) in [5.74, 6) is -0.349. The second-order valence-electron chi connectivity index (χ2n) is 7.82. The van der Waals surface area contributed by atoms with Crippen molar-refractivity contribution in [2.75, 3.05) is 11.9 Å². The topological polar surface area (TPSA) is 108 Å². The fraction of sp³-hybridized carbons (Fsp3) is 0.292. The summed E-state index contributed by atoms with van der Waals surface area (Å²) in [6.45, 7) is 5.95. The SMILES string of the molecule is CCOC(=O)CCn1c(=O)nc(Nc2ccc3nc(C)sc3c2)n(Cc2ccc(C)cc2)c1=O. The molecule has 2 aromatic carbocycles. The van der Waals surface area contributed by atoms with Crippen molar-refractivity contribution in [3.05, 3.63) is 79.6 Å². The lowest BCUT2D eigenvalue weighted by atomic mass is 10.1. The average molecular weight is 480 g/mol. The van der Waals surface area contributed by atoms with Gasteiger partial charge in [-0.3, -0.25) is 9.36 Å². The number of aryl methyl sites for hydroxylation is 2. The van der Waals surface area contributed by atoms with Crippen LogP contribution in [0.2, 0.25) is 0 Å². The minimum Gasteiger partial charge on any atom is -0.466 e. The van der Waals surface area contributed by atoms with Gasteiger partial charge in [-0.05, 0) is 44.5 Å². The third kappa shape index (κ3) is 5.23. The summed E-state index contributed by atoms with van der Waals surface area (Å²) in [6.07, 6.45) is -0.0939. The zero-order chi connectivity index (χ0) is 24.2. The van der Waals surface area contributed by atoms with Crippen LogP contribution >= 0.6 is 11.3 Å². The van der Waals surface area contributed by atoms with Crippen LogP contribution in [0.3, 0.4) is 0 Å². The van der Waals surface area contributed by atoms with Crippen LogP contribution in [0.25, 0.3) is 10.2 Å². The quantitative estimate of drug-likeness (QED) is 0.386. The maximum atomic E-state index is 13.3. The summed E-state index contributed by atoms with van der Waals surface area (Å²) in [5.41, 5.74) is 2.26. The van der Waals surface area contributed by atoms with Crippen LogP contribution in [0, 0.1) is 13.8 Å². The third-order valence-corrected chi connectivity index (χ3v) is 6.14. The van der Waals surface area contributed by atoms with E-state index in [9.17, 15) is 14.4 Å². The molecule has 2 aromatic heterocycles. The second-order valence-corrected chi connectivity index (χ2v) is 9.05. The van der Waals surface area contributed by atoms with E-state index in [0.29, 0.717) is 5.69 Å². The van der Waals surface area contributed by atoms with Gasteiger partial charge in [0.25, 0.3) is 0 Å². The molecule has 0 aliphatic rings. The molecule has 0 bridgehead atoms. The van der Waals surface area contributed by atoms with E-state index >= 15 is 0 Å². The van der Waals surface area contributed by atoms with Gasteiger partial charge in [0, 0.05) is 12.2 Å². The predicted molar refractivity (Wildman–Crippen MR) is 132 cm³/mol. The summed E-state index contributed by atoms with van der Waals surface area (Å²) in [7, 11) is 0. The molecule has 0 spiro atoms. The van der Waals surface area contributed by atoms with Crippen LogP contribution in [0.4, 0.5) is 11.6 Å². The van der Waals surface area contributed by atoms with Gasteiger partial charge in [-0.1, -0.05) is 29.8 Å². The summed E-state index contributed by atoms with van der Waals surface area (Å²) >= 11 is 1.56. The maximum absolute atomic E-state index is 13.3. The highest BCUT2D eigenvalue weighted by Crippen LogP contribution is 2.26. The molecule has 0 radical (unpaired) electrons. The molecule has 2 heterocycles. The largest absolute Gasteiger partial charge is 0.466 e. The molecule has 4 rings (SSSR count). The standard InChI is InChI=1S/C24H25N5O4S/c1-4-33-21(30)11-12-28-23(31)27-22(26-18-9-10-19-20(13-18)34-16(3)25-19)29(24(28)32)14-17-7-5-15(2)6-8-17/h5-10,13H,4,11-12,14H2,1-3H3,(H,26,27,31). The van der Waals surface area contributed by atoms with Crippen molar-refractivity contribution in [1.29, 1.82) is 0 Å². The molecular formula is C24H25N5O4S. The number of aromatic nitrogens is 4. The minimum atomic E-state index is -0.730. The third-order valence-electron chi connectivity index (χ3n) is 5.21. The fourth-order valence-corrected chi connectivity index (χ4v) is 4.38. The number of carbonyl (C=O) groups is 1. The maximum Gasteiger partial charge on any atom is 0.354 e. The van der Waals surface area contributed by atoms with Gasteiger partial charge in [0.1, 0.15) is 0 Å². The van der Waals surface area contributed by atoms with Gasteiger partial charge in [0.05, 0.1) is 34.8 Å². The van der Waals surface area contributed by atoms with Crippen molar-refractivity contribution < 1.29 is 9.53 Å². The number of nitrogens with one attached hydrogen (secondary N) is 1. The molecule has 0 saturated carbocycles. The first-order valence-electron chi connectivity index (χ1n) is 10.9. The Kier molecular flexibility index (Phi) is 6.87. The van der Waals surface area contributed by atoms with E-state index < -0.39 is 17.3 Å². The first kappa shape index (κ1) is 23.4. The predicted octanol–water partition coefficient (Wildman–Crippen LogP) is 3.38. The Morgan fingerprint density at radius 2 is 1.82 bits per heavy atom. The molecule has 34 heavy (non-hydrogen) atoms. The molecule has 0 unspecified atom stereocenters. The number of rotatable bonds is 8. The fourth-order valence-electron chi connectivity index (χ4n) is 3.52. The Hall–Kier alpha value is -3.79. The highest BCUT2D eigenvalue weighted by atomic mass is 32.1. The zero-order valence-corrected chi connectivity index (χ0v) is 20.0. The van der Waals surface area contributed by atoms with Gasteiger partial charge in [0.15, 0.2) is 0 Å². The normalized spacial score (nSPS) is 11.0. The number of benzene rings is 2. The van der Waals surface area contributed by atoms with Crippen molar-refractivity contribution in [2.45, 2.75) is 40.3 Å². The first-order valence-corrected chi connectivity index (χ1v) is 11.7. The number of fused-ring (bicyclic) bond motifs is 1. The van der Waals surface area contributed by atoms with E-state index in [4.69, 9.17) is 4.74 Å². The van der Waals surface area contributed by atoms with Gasteiger partial charge in [-0.2, -0.15) is 4.98 Å². The molecule has 9 nitrogen and oxygen atoms in total. The zero-order valence-electron chi connectivity index (χ0n) is 19.2. The van der Waals surface area contributed by atoms with Crippen molar-refractivity contribution >= 4 is 39.2 Å².